The van der Waals surface area contributed by atoms with E-state index in [1.54, 1.807) is 18.3 Å². The molecule has 0 saturated carbocycles. The summed E-state index contributed by atoms with van der Waals surface area (Å²) in [5.41, 5.74) is 1.22. The molecule has 0 aliphatic rings. The van der Waals surface area contributed by atoms with E-state index < -0.39 is 17.9 Å². The predicted molar refractivity (Wildman–Crippen MR) is 92.0 cm³/mol. The largest absolute Gasteiger partial charge is 0.447 e. The average Bonchev–Trinajstić information content (AvgIpc) is 2.63. The molecule has 1 unspecified atom stereocenters. The Hall–Kier alpha value is -2.53. The van der Waals surface area contributed by atoms with Crippen molar-refractivity contribution in [2.24, 2.45) is 0 Å². The Kier molecular flexibility index (Phi) is 5.01. The summed E-state index contributed by atoms with van der Waals surface area (Å²) < 4.78 is 20.1. The topological polar surface area (TPSA) is 39.2 Å². The zero-order valence-electron chi connectivity index (χ0n) is 12.5. The number of carbonyl (C=O) groups is 1. The maximum absolute atomic E-state index is 13.9. The Labute approximate surface area is 147 Å². The first kappa shape index (κ1) is 16.3. The van der Waals surface area contributed by atoms with Crippen LogP contribution < -0.4 is 0 Å². The van der Waals surface area contributed by atoms with Crippen molar-refractivity contribution in [1.82, 2.24) is 4.98 Å². The zero-order valence-corrected chi connectivity index (χ0v) is 14.1. The van der Waals surface area contributed by atoms with E-state index in [9.17, 15) is 9.18 Å². The standard InChI is InChI=1S/C19H13BrFNO2/c20-14-9-10-16(21)15(12-14)19(23)24-18(13-6-2-1-3-7-13)17-8-4-5-11-22-17/h1-12,18H. The molecule has 1 atom stereocenters. The van der Waals surface area contributed by atoms with E-state index in [2.05, 4.69) is 20.9 Å². The molecule has 3 nitrogen and oxygen atoms in total. The molecule has 0 radical (unpaired) electrons. The smallest absolute Gasteiger partial charge is 0.342 e. The van der Waals surface area contributed by atoms with Crippen molar-refractivity contribution in [1.29, 1.82) is 0 Å². The molecule has 2 aromatic carbocycles. The fourth-order valence-electron chi connectivity index (χ4n) is 2.28. The van der Waals surface area contributed by atoms with Gasteiger partial charge >= 0.3 is 5.97 Å². The number of esters is 1. The summed E-state index contributed by atoms with van der Waals surface area (Å²) in [5, 5.41) is 0. The van der Waals surface area contributed by atoms with Gasteiger partial charge in [0, 0.05) is 10.7 Å². The molecule has 0 spiro atoms. The molecular weight excluding hydrogens is 373 g/mol. The van der Waals surface area contributed by atoms with Crippen molar-refractivity contribution in [2.75, 3.05) is 0 Å². The number of rotatable bonds is 4. The fraction of sp³-hybridized carbons (Fsp3) is 0.0526. The summed E-state index contributed by atoms with van der Waals surface area (Å²) in [6, 6.07) is 18.7. The Morgan fingerprint density at radius 2 is 1.79 bits per heavy atom. The summed E-state index contributed by atoms with van der Waals surface area (Å²) in [5.74, 6) is -1.37. The zero-order chi connectivity index (χ0) is 16.9. The van der Waals surface area contributed by atoms with E-state index in [1.807, 2.05) is 36.4 Å². The van der Waals surface area contributed by atoms with Gasteiger partial charge in [-0.15, -0.1) is 0 Å². The molecule has 3 rings (SSSR count). The molecule has 0 N–H and O–H groups in total. The molecule has 0 fully saturated rings. The van der Waals surface area contributed by atoms with Crippen molar-refractivity contribution in [3.8, 4) is 0 Å². The number of hydrogen-bond acceptors (Lipinski definition) is 3. The number of aromatic nitrogens is 1. The highest BCUT2D eigenvalue weighted by Crippen LogP contribution is 2.26. The first-order chi connectivity index (χ1) is 11.6. The third kappa shape index (κ3) is 3.68. The molecule has 0 saturated heterocycles. The van der Waals surface area contributed by atoms with Crippen LogP contribution in [0.5, 0.6) is 0 Å². The lowest BCUT2D eigenvalue weighted by molar-refractivity contribution is 0.0365. The number of nitrogens with zero attached hydrogens (tertiary/aromatic N) is 1. The van der Waals surface area contributed by atoms with E-state index in [0.29, 0.717) is 10.2 Å². The summed E-state index contributed by atoms with van der Waals surface area (Å²) >= 11 is 3.23. The molecule has 0 aliphatic heterocycles. The van der Waals surface area contributed by atoms with Crippen LogP contribution in [0.4, 0.5) is 4.39 Å². The Morgan fingerprint density at radius 1 is 1.04 bits per heavy atom. The minimum absolute atomic E-state index is 0.124. The number of pyridine rings is 1. The lowest BCUT2D eigenvalue weighted by atomic mass is 10.1. The molecule has 0 aliphatic carbocycles. The van der Waals surface area contributed by atoms with E-state index in [-0.39, 0.29) is 5.56 Å². The van der Waals surface area contributed by atoms with Gasteiger partial charge in [0.05, 0.1) is 11.3 Å². The minimum atomic E-state index is -0.742. The predicted octanol–water partition coefficient (Wildman–Crippen LogP) is 4.93. The van der Waals surface area contributed by atoms with Gasteiger partial charge in [0.1, 0.15) is 5.82 Å². The van der Waals surface area contributed by atoms with Crippen molar-refractivity contribution in [2.45, 2.75) is 6.10 Å². The second kappa shape index (κ2) is 7.36. The van der Waals surface area contributed by atoms with Crippen molar-refractivity contribution < 1.29 is 13.9 Å². The normalized spacial score (nSPS) is 11.8. The molecule has 1 heterocycles. The summed E-state index contributed by atoms with van der Waals surface area (Å²) in [6.45, 7) is 0. The van der Waals surface area contributed by atoms with Gasteiger partial charge in [0.25, 0.3) is 0 Å². The van der Waals surface area contributed by atoms with Crippen molar-refractivity contribution >= 4 is 21.9 Å². The van der Waals surface area contributed by atoms with Crippen LogP contribution in [0.3, 0.4) is 0 Å². The summed E-state index contributed by atoms with van der Waals surface area (Å²) in [7, 11) is 0. The van der Waals surface area contributed by atoms with Gasteiger partial charge in [-0.05, 0) is 35.9 Å². The van der Waals surface area contributed by atoms with Crippen molar-refractivity contribution in [3.05, 3.63) is 100 Å². The van der Waals surface area contributed by atoms with Crippen LogP contribution in [-0.2, 0) is 4.74 Å². The number of halogens is 2. The number of ether oxygens (including phenoxy) is 1. The highest BCUT2D eigenvalue weighted by Gasteiger charge is 2.23. The number of benzene rings is 2. The second-order valence-electron chi connectivity index (χ2n) is 5.07. The fourth-order valence-corrected chi connectivity index (χ4v) is 2.64. The molecule has 0 bridgehead atoms. The van der Waals surface area contributed by atoms with Crippen LogP contribution >= 0.6 is 15.9 Å². The van der Waals surface area contributed by atoms with E-state index in [0.717, 1.165) is 5.56 Å². The van der Waals surface area contributed by atoms with Gasteiger partial charge in [0.2, 0.25) is 0 Å². The number of carbonyl (C=O) groups excluding carboxylic acids is 1. The van der Waals surface area contributed by atoms with Gasteiger partial charge < -0.3 is 4.74 Å². The molecule has 3 aromatic rings. The van der Waals surface area contributed by atoms with Crippen molar-refractivity contribution in [3.63, 3.8) is 0 Å². The molecule has 1 aromatic heterocycles. The third-order valence-electron chi connectivity index (χ3n) is 3.43. The van der Waals surface area contributed by atoms with Gasteiger partial charge in [0.15, 0.2) is 6.10 Å². The van der Waals surface area contributed by atoms with Crippen LogP contribution in [0.1, 0.15) is 27.7 Å². The highest BCUT2D eigenvalue weighted by molar-refractivity contribution is 9.10. The molecule has 0 amide bonds. The Balaban J connectivity index is 1.95. The molecular formula is C19H13BrFNO2. The van der Waals surface area contributed by atoms with Gasteiger partial charge in [-0.1, -0.05) is 52.3 Å². The maximum Gasteiger partial charge on any atom is 0.342 e. The quantitative estimate of drug-likeness (QED) is 0.597. The molecule has 120 valence electrons. The lowest BCUT2D eigenvalue weighted by Crippen LogP contribution is -2.15. The second-order valence-corrected chi connectivity index (χ2v) is 5.99. The first-order valence-electron chi connectivity index (χ1n) is 7.27. The van der Waals surface area contributed by atoms with Gasteiger partial charge in [-0.3, -0.25) is 4.98 Å². The first-order valence-corrected chi connectivity index (χ1v) is 8.06. The van der Waals surface area contributed by atoms with E-state index >= 15 is 0 Å². The lowest BCUT2D eigenvalue weighted by Gasteiger charge is -2.18. The maximum atomic E-state index is 13.9. The monoisotopic (exact) mass is 385 g/mol. The van der Waals surface area contributed by atoms with Crippen LogP contribution in [0.25, 0.3) is 0 Å². The minimum Gasteiger partial charge on any atom is -0.447 e. The summed E-state index contributed by atoms with van der Waals surface area (Å²) in [4.78, 5) is 16.7. The SMILES string of the molecule is O=C(OC(c1ccccc1)c1ccccn1)c1cc(Br)ccc1F. The summed E-state index contributed by atoms with van der Waals surface area (Å²) in [6.07, 6.45) is 0.914. The number of hydrogen-bond donors (Lipinski definition) is 0. The molecule has 24 heavy (non-hydrogen) atoms. The van der Waals surface area contributed by atoms with Crippen LogP contribution in [0.15, 0.2) is 77.4 Å². The van der Waals surface area contributed by atoms with Crippen LogP contribution in [-0.4, -0.2) is 11.0 Å². The molecule has 5 heteroatoms. The highest BCUT2D eigenvalue weighted by atomic mass is 79.9. The van der Waals surface area contributed by atoms with E-state index in [4.69, 9.17) is 4.74 Å². The van der Waals surface area contributed by atoms with Crippen LogP contribution in [0.2, 0.25) is 0 Å². The Bertz CT molecular complexity index is 801. The van der Waals surface area contributed by atoms with Gasteiger partial charge in [-0.25, -0.2) is 9.18 Å². The third-order valence-corrected chi connectivity index (χ3v) is 3.93. The van der Waals surface area contributed by atoms with Gasteiger partial charge in [-0.2, -0.15) is 0 Å². The Morgan fingerprint density at radius 3 is 2.50 bits per heavy atom. The van der Waals surface area contributed by atoms with E-state index in [1.165, 1.54) is 18.2 Å². The van der Waals surface area contributed by atoms with Crippen LogP contribution in [0, 0.1) is 5.82 Å². The average molecular weight is 386 g/mol.